The fraction of sp³-hybridized carbons (Fsp3) is 0.421. The number of aromatic nitrogens is 2. The highest BCUT2D eigenvalue weighted by Crippen LogP contribution is 2.48. The number of ether oxygens (including phenoxy) is 4. The van der Waals surface area contributed by atoms with E-state index in [0.717, 1.165) is 0 Å². The summed E-state index contributed by atoms with van der Waals surface area (Å²) >= 11 is 0. The summed E-state index contributed by atoms with van der Waals surface area (Å²) in [4.78, 5) is 23.2. The van der Waals surface area contributed by atoms with Crippen molar-refractivity contribution >= 4 is 5.97 Å². The maximum Gasteiger partial charge on any atom is 0.337 e. The molecule has 0 bridgehead atoms. The van der Waals surface area contributed by atoms with Crippen LogP contribution in [0.2, 0.25) is 0 Å². The van der Waals surface area contributed by atoms with Crippen molar-refractivity contribution in [3.8, 4) is 11.6 Å². The average molecular weight is 390 g/mol. The summed E-state index contributed by atoms with van der Waals surface area (Å²) in [5.74, 6) is -0.0114. The number of carbonyl (C=O) groups excluding carboxylic acids is 1. The molecule has 150 valence electrons. The minimum absolute atomic E-state index is 0.0805. The zero-order valence-electron chi connectivity index (χ0n) is 16.0. The van der Waals surface area contributed by atoms with Crippen LogP contribution in [0.15, 0.2) is 35.1 Å². The smallest absolute Gasteiger partial charge is 0.337 e. The van der Waals surface area contributed by atoms with E-state index in [1.807, 2.05) is 0 Å². The summed E-state index contributed by atoms with van der Waals surface area (Å²) in [6.45, 7) is 3.33. The second-order valence-corrected chi connectivity index (χ2v) is 6.91. The van der Waals surface area contributed by atoms with Gasteiger partial charge in [-0.2, -0.15) is 0 Å². The number of hydrogen-bond donors (Lipinski definition) is 2. The van der Waals surface area contributed by atoms with Crippen LogP contribution in [0.25, 0.3) is 0 Å². The van der Waals surface area contributed by atoms with Gasteiger partial charge in [0.1, 0.15) is 11.4 Å². The summed E-state index contributed by atoms with van der Waals surface area (Å²) in [7, 11) is 2.78. The number of nitrogens with zero attached hydrogens (tertiary/aromatic N) is 1. The number of benzene rings is 1. The first-order chi connectivity index (χ1) is 13.2. The number of nitrogens with one attached hydrogen (secondary N) is 1. The van der Waals surface area contributed by atoms with E-state index in [0.29, 0.717) is 11.3 Å². The molecule has 1 aromatic carbocycles. The maximum atomic E-state index is 12.0. The highest BCUT2D eigenvalue weighted by molar-refractivity contribution is 5.89. The molecular formula is C19H22N2O7. The monoisotopic (exact) mass is 390 g/mol. The van der Waals surface area contributed by atoms with Crippen molar-refractivity contribution in [1.82, 2.24) is 10.2 Å². The maximum absolute atomic E-state index is 12.0. The third kappa shape index (κ3) is 3.34. The highest BCUT2D eigenvalue weighted by Gasteiger charge is 2.57. The van der Waals surface area contributed by atoms with Crippen LogP contribution in [0, 0.1) is 0 Å². The Morgan fingerprint density at radius 2 is 2.04 bits per heavy atom. The van der Waals surface area contributed by atoms with Crippen molar-refractivity contribution in [2.24, 2.45) is 0 Å². The van der Waals surface area contributed by atoms with Crippen molar-refractivity contribution in [2.45, 2.75) is 31.2 Å². The summed E-state index contributed by atoms with van der Waals surface area (Å²) in [5, 5.41) is 17.5. The van der Waals surface area contributed by atoms with E-state index < -0.39 is 23.3 Å². The Morgan fingerprint density at radius 3 is 2.64 bits per heavy atom. The Morgan fingerprint density at radius 1 is 1.29 bits per heavy atom. The fourth-order valence-electron chi connectivity index (χ4n) is 3.16. The van der Waals surface area contributed by atoms with Gasteiger partial charge in [-0.05, 0) is 32.0 Å². The molecule has 3 rings (SSSR count). The van der Waals surface area contributed by atoms with E-state index in [2.05, 4.69) is 10.2 Å². The number of aromatic amines is 1. The molecule has 0 aliphatic carbocycles. The highest BCUT2D eigenvalue weighted by atomic mass is 16.6. The Hall–Kier alpha value is -2.91. The van der Waals surface area contributed by atoms with E-state index in [9.17, 15) is 14.7 Å². The molecule has 1 aliphatic rings. The number of esters is 1. The summed E-state index contributed by atoms with van der Waals surface area (Å²) in [6, 6.07) is 7.37. The first-order valence-corrected chi connectivity index (χ1v) is 8.57. The van der Waals surface area contributed by atoms with Gasteiger partial charge in [0.25, 0.3) is 5.56 Å². The lowest BCUT2D eigenvalue weighted by molar-refractivity contribution is -0.200. The molecule has 0 fully saturated rings. The molecular weight excluding hydrogens is 368 g/mol. The number of methoxy groups -OCH3 is 2. The van der Waals surface area contributed by atoms with Gasteiger partial charge >= 0.3 is 5.97 Å². The molecule has 28 heavy (non-hydrogen) atoms. The van der Waals surface area contributed by atoms with E-state index in [-0.39, 0.29) is 23.6 Å². The normalized spacial score (nSPS) is 26.1. The number of hydrogen-bond acceptors (Lipinski definition) is 8. The second kappa shape index (κ2) is 7.25. The molecule has 2 heterocycles. The first kappa shape index (κ1) is 19.8. The first-order valence-electron chi connectivity index (χ1n) is 8.57. The quantitative estimate of drug-likeness (QED) is 0.732. The number of rotatable bonds is 5. The van der Waals surface area contributed by atoms with Crippen LogP contribution in [0.5, 0.6) is 11.6 Å². The summed E-state index contributed by atoms with van der Waals surface area (Å²) in [5.41, 5.74) is -2.41. The second-order valence-electron chi connectivity index (χ2n) is 6.91. The van der Waals surface area contributed by atoms with Crippen LogP contribution in [0.1, 0.15) is 35.9 Å². The van der Waals surface area contributed by atoms with Crippen LogP contribution in [0.3, 0.4) is 0 Å². The third-order valence-electron chi connectivity index (χ3n) is 4.94. The topological polar surface area (TPSA) is 120 Å². The number of aliphatic hydroxyl groups is 1. The number of carbonyl (C=O) groups is 1. The fourth-order valence-corrected chi connectivity index (χ4v) is 3.16. The van der Waals surface area contributed by atoms with Gasteiger partial charge in [0, 0.05) is 24.8 Å². The molecule has 9 nitrogen and oxygen atoms in total. The lowest BCUT2D eigenvalue weighted by Gasteiger charge is -2.50. The molecule has 2 aromatic rings. The summed E-state index contributed by atoms with van der Waals surface area (Å²) in [6.07, 6.45) is -0.973. The van der Waals surface area contributed by atoms with Crippen molar-refractivity contribution in [1.29, 1.82) is 0 Å². The number of fused-ring (bicyclic) bond motifs is 1. The SMILES string of the molecule is COCC1(C)Oc2ccc(C(=O)OC)cc2C(Oc2ccc(=O)[nH]n2)C1(C)O. The molecule has 0 saturated heterocycles. The molecule has 0 amide bonds. The predicted octanol–water partition coefficient (Wildman–Crippen LogP) is 1.23. The van der Waals surface area contributed by atoms with Crippen LogP contribution in [0.4, 0.5) is 0 Å². The zero-order chi connectivity index (χ0) is 20.5. The van der Waals surface area contributed by atoms with Crippen LogP contribution in [-0.2, 0) is 9.47 Å². The third-order valence-corrected chi connectivity index (χ3v) is 4.94. The predicted molar refractivity (Wildman–Crippen MR) is 97.5 cm³/mol. The summed E-state index contributed by atoms with van der Waals surface area (Å²) < 4.78 is 22.0. The van der Waals surface area contributed by atoms with Gasteiger partial charge < -0.3 is 24.1 Å². The van der Waals surface area contributed by atoms with Crippen molar-refractivity contribution in [3.63, 3.8) is 0 Å². The molecule has 0 radical (unpaired) electrons. The standard InChI is InChI=1S/C19H22N2O7/c1-18(10-25-3)19(2,24)16(27-15-8-7-14(22)20-21-15)12-9-11(17(23)26-4)5-6-13(12)28-18/h5-9,16,24H,10H2,1-4H3,(H,20,22). The van der Waals surface area contributed by atoms with Gasteiger partial charge in [-0.15, -0.1) is 5.10 Å². The molecule has 2 N–H and O–H groups in total. The Bertz CT molecular complexity index is 920. The Labute approximate surface area is 161 Å². The average Bonchev–Trinajstić information content (AvgIpc) is 2.66. The van der Waals surface area contributed by atoms with Crippen molar-refractivity contribution in [3.05, 3.63) is 51.8 Å². The largest absolute Gasteiger partial charge is 0.482 e. The van der Waals surface area contributed by atoms with E-state index in [1.54, 1.807) is 32.0 Å². The van der Waals surface area contributed by atoms with Gasteiger partial charge in [0.05, 0.1) is 19.3 Å². The lowest BCUT2D eigenvalue weighted by atomic mass is 9.76. The van der Waals surface area contributed by atoms with E-state index >= 15 is 0 Å². The molecule has 3 unspecified atom stereocenters. The lowest BCUT2D eigenvalue weighted by Crippen LogP contribution is -2.63. The van der Waals surface area contributed by atoms with Crippen molar-refractivity contribution < 1.29 is 28.8 Å². The van der Waals surface area contributed by atoms with Crippen LogP contribution in [-0.4, -0.2) is 53.3 Å². The molecule has 3 atom stereocenters. The van der Waals surface area contributed by atoms with Crippen LogP contribution >= 0.6 is 0 Å². The number of H-pyrrole nitrogens is 1. The van der Waals surface area contributed by atoms with Gasteiger partial charge in [0.15, 0.2) is 11.7 Å². The van der Waals surface area contributed by atoms with E-state index in [4.69, 9.17) is 18.9 Å². The van der Waals surface area contributed by atoms with Gasteiger partial charge in [-0.1, -0.05) is 0 Å². The molecule has 1 aromatic heterocycles. The minimum atomic E-state index is -1.58. The Kier molecular flexibility index (Phi) is 5.14. The molecule has 1 aliphatic heterocycles. The molecule has 0 spiro atoms. The van der Waals surface area contributed by atoms with Gasteiger partial charge in [-0.3, -0.25) is 4.79 Å². The zero-order valence-corrected chi connectivity index (χ0v) is 16.0. The van der Waals surface area contributed by atoms with Gasteiger partial charge in [-0.25, -0.2) is 9.89 Å². The van der Waals surface area contributed by atoms with Gasteiger partial charge in [0.2, 0.25) is 5.88 Å². The van der Waals surface area contributed by atoms with Crippen LogP contribution < -0.4 is 15.0 Å². The molecule has 0 saturated carbocycles. The molecule has 9 heteroatoms. The van der Waals surface area contributed by atoms with Crippen molar-refractivity contribution in [2.75, 3.05) is 20.8 Å². The van der Waals surface area contributed by atoms with E-state index in [1.165, 1.54) is 26.4 Å². The Balaban J connectivity index is 2.13. The minimum Gasteiger partial charge on any atom is -0.482 e.